The molecule has 1 unspecified atom stereocenters. The van der Waals surface area contributed by atoms with Crippen molar-refractivity contribution in [1.29, 1.82) is 0 Å². The molecule has 1 aliphatic heterocycles. The van der Waals surface area contributed by atoms with Crippen LogP contribution in [0.4, 0.5) is 4.39 Å². The first-order valence-electron chi connectivity index (χ1n) is 6.31. The van der Waals surface area contributed by atoms with E-state index in [1.807, 2.05) is 17.8 Å². The third kappa shape index (κ3) is 2.61. The first-order chi connectivity index (χ1) is 8.47. The van der Waals surface area contributed by atoms with E-state index in [1.54, 1.807) is 6.07 Å². The summed E-state index contributed by atoms with van der Waals surface area (Å²) in [5, 5.41) is 3.60. The number of thioether (sulfide) groups is 1. The van der Waals surface area contributed by atoms with Gasteiger partial charge in [0.05, 0.1) is 4.47 Å². The van der Waals surface area contributed by atoms with Crippen molar-refractivity contribution in [2.24, 2.45) is 0 Å². The second-order valence-corrected chi connectivity index (χ2v) is 7.63. The molecule has 1 aromatic carbocycles. The van der Waals surface area contributed by atoms with E-state index in [0.717, 1.165) is 24.3 Å². The summed E-state index contributed by atoms with van der Waals surface area (Å²) < 4.78 is 14.4. The van der Waals surface area contributed by atoms with Crippen molar-refractivity contribution < 1.29 is 4.39 Å². The molecule has 1 nitrogen and oxygen atoms in total. The van der Waals surface area contributed by atoms with Gasteiger partial charge in [-0.15, -0.1) is 11.8 Å². The number of benzene rings is 1. The van der Waals surface area contributed by atoms with Crippen molar-refractivity contribution in [2.75, 3.05) is 6.54 Å². The third-order valence-corrected chi connectivity index (χ3v) is 5.70. The number of fused-ring (bicyclic) bond motifs is 1. The lowest BCUT2D eigenvalue weighted by Gasteiger charge is -2.40. The molecule has 0 amide bonds. The van der Waals surface area contributed by atoms with Crippen molar-refractivity contribution in [2.45, 2.75) is 43.7 Å². The Bertz CT molecular complexity index is 448. The molecular weight excluding hydrogens is 313 g/mol. The largest absolute Gasteiger partial charge is 0.309 e. The Morgan fingerprint density at radius 2 is 2.22 bits per heavy atom. The van der Waals surface area contributed by atoms with E-state index < -0.39 is 0 Å². The zero-order valence-corrected chi connectivity index (χ0v) is 13.4. The van der Waals surface area contributed by atoms with E-state index in [1.165, 1.54) is 5.56 Å². The first-order valence-corrected chi connectivity index (χ1v) is 8.09. The summed E-state index contributed by atoms with van der Waals surface area (Å²) in [6.45, 7) is 7.66. The fourth-order valence-electron chi connectivity index (χ4n) is 2.39. The number of halogens is 2. The summed E-state index contributed by atoms with van der Waals surface area (Å²) >= 11 is 5.27. The second kappa shape index (κ2) is 5.51. The number of rotatable bonds is 3. The van der Waals surface area contributed by atoms with Crippen molar-refractivity contribution in [3.63, 3.8) is 0 Å². The molecule has 1 heterocycles. The minimum absolute atomic E-state index is 0.138. The lowest BCUT2D eigenvalue weighted by molar-refractivity contribution is 0.438. The Hall–Kier alpha value is -0.0600. The van der Waals surface area contributed by atoms with Gasteiger partial charge in [-0.1, -0.05) is 13.0 Å². The Morgan fingerprint density at radius 1 is 1.50 bits per heavy atom. The molecule has 1 N–H and O–H groups in total. The molecule has 0 aromatic heterocycles. The highest BCUT2D eigenvalue weighted by molar-refractivity contribution is 9.10. The molecule has 2 rings (SSSR count). The average molecular weight is 332 g/mol. The maximum absolute atomic E-state index is 13.6. The van der Waals surface area contributed by atoms with Gasteiger partial charge in [0.25, 0.3) is 0 Å². The highest BCUT2D eigenvalue weighted by Gasteiger charge is 2.37. The van der Waals surface area contributed by atoms with Crippen molar-refractivity contribution in [1.82, 2.24) is 5.32 Å². The average Bonchev–Trinajstić information content (AvgIpc) is 2.32. The molecule has 1 aromatic rings. The normalized spacial score (nSPS) is 21.7. The highest BCUT2D eigenvalue weighted by Crippen LogP contribution is 2.47. The van der Waals surface area contributed by atoms with E-state index in [9.17, 15) is 4.39 Å². The Balaban J connectivity index is 2.42. The summed E-state index contributed by atoms with van der Waals surface area (Å²) in [5.74, 6) is 0.702. The first kappa shape index (κ1) is 14.4. The monoisotopic (exact) mass is 331 g/mol. The summed E-state index contributed by atoms with van der Waals surface area (Å²) in [7, 11) is 0. The number of nitrogens with one attached hydrogen (secondary N) is 1. The summed E-state index contributed by atoms with van der Waals surface area (Å²) in [5.41, 5.74) is 2.34. The molecule has 1 atom stereocenters. The molecule has 0 radical (unpaired) electrons. The summed E-state index contributed by atoms with van der Waals surface area (Å²) in [6.07, 6.45) is 1.11. The van der Waals surface area contributed by atoms with Gasteiger partial charge in [0.15, 0.2) is 0 Å². The van der Waals surface area contributed by atoms with Crippen LogP contribution in [-0.2, 0) is 5.75 Å². The molecule has 0 aliphatic carbocycles. The van der Waals surface area contributed by atoms with E-state index in [-0.39, 0.29) is 16.6 Å². The van der Waals surface area contributed by atoms with Crippen LogP contribution in [0.15, 0.2) is 16.6 Å². The van der Waals surface area contributed by atoms with Crippen molar-refractivity contribution in [3.8, 4) is 0 Å². The van der Waals surface area contributed by atoms with Crippen LogP contribution >= 0.6 is 27.7 Å². The van der Waals surface area contributed by atoms with Gasteiger partial charge in [-0.3, -0.25) is 0 Å². The second-order valence-electron chi connectivity index (χ2n) is 5.21. The molecule has 0 spiro atoms. The molecule has 0 bridgehead atoms. The van der Waals surface area contributed by atoms with E-state index in [0.29, 0.717) is 4.47 Å². The minimum Gasteiger partial charge on any atom is -0.309 e. The molecule has 0 saturated heterocycles. The van der Waals surface area contributed by atoms with Crippen molar-refractivity contribution >= 4 is 27.7 Å². The molecule has 18 heavy (non-hydrogen) atoms. The highest BCUT2D eigenvalue weighted by atomic mass is 79.9. The summed E-state index contributed by atoms with van der Waals surface area (Å²) in [4.78, 5) is 0. The van der Waals surface area contributed by atoms with E-state index in [2.05, 4.69) is 42.0 Å². The van der Waals surface area contributed by atoms with Crippen LogP contribution in [0, 0.1) is 5.82 Å². The molecule has 0 saturated carbocycles. The summed E-state index contributed by atoms with van der Waals surface area (Å²) in [6, 6.07) is 3.78. The molecule has 4 heteroatoms. The fraction of sp³-hybridized carbons (Fsp3) is 0.571. The van der Waals surface area contributed by atoms with E-state index in [4.69, 9.17) is 0 Å². The fourth-order valence-corrected chi connectivity index (χ4v) is 4.28. The zero-order valence-electron chi connectivity index (χ0n) is 11.0. The maximum atomic E-state index is 13.6. The van der Waals surface area contributed by atoms with Crippen molar-refractivity contribution in [3.05, 3.63) is 33.5 Å². The van der Waals surface area contributed by atoms with Crippen LogP contribution < -0.4 is 5.32 Å². The van der Waals surface area contributed by atoms with Gasteiger partial charge in [0, 0.05) is 16.5 Å². The number of hydrogen-bond acceptors (Lipinski definition) is 2. The smallest absolute Gasteiger partial charge is 0.137 e. The van der Waals surface area contributed by atoms with Gasteiger partial charge in [-0.2, -0.15) is 0 Å². The van der Waals surface area contributed by atoms with E-state index >= 15 is 0 Å². The molecular formula is C14H19BrFNS. The SMILES string of the molecule is CCCNC1c2ccc(F)c(Br)c2CSC1(C)C. The number of hydrogen-bond donors (Lipinski definition) is 1. The molecule has 100 valence electrons. The van der Waals surface area contributed by atoms with Crippen LogP contribution in [-0.4, -0.2) is 11.3 Å². The van der Waals surface area contributed by atoms with Crippen LogP contribution in [0.2, 0.25) is 0 Å². The topological polar surface area (TPSA) is 12.0 Å². The predicted octanol–water partition coefficient (Wildman–Crippen LogP) is 4.65. The van der Waals surface area contributed by atoms with Gasteiger partial charge >= 0.3 is 0 Å². The maximum Gasteiger partial charge on any atom is 0.137 e. The van der Waals surface area contributed by atoms with Crippen LogP contribution in [0.1, 0.15) is 44.4 Å². The predicted molar refractivity (Wildman–Crippen MR) is 80.5 cm³/mol. The van der Waals surface area contributed by atoms with Gasteiger partial charge in [0.2, 0.25) is 0 Å². The third-order valence-electron chi connectivity index (χ3n) is 3.43. The van der Waals surface area contributed by atoms with Crippen LogP contribution in [0.5, 0.6) is 0 Å². The van der Waals surface area contributed by atoms with Gasteiger partial charge in [-0.05, 0) is 59.9 Å². The Labute approximate surface area is 121 Å². The molecule has 1 aliphatic rings. The lowest BCUT2D eigenvalue weighted by Crippen LogP contribution is -2.40. The Morgan fingerprint density at radius 3 is 2.89 bits per heavy atom. The standard InChI is InChI=1S/C14H19BrFNS/c1-4-7-17-13-9-5-6-11(16)12(15)10(9)8-18-14(13,2)3/h5-6,13,17H,4,7-8H2,1-3H3. The minimum atomic E-state index is -0.164. The van der Waals surface area contributed by atoms with Gasteiger partial charge < -0.3 is 5.32 Å². The quantitative estimate of drug-likeness (QED) is 0.864. The van der Waals surface area contributed by atoms with Gasteiger partial charge in [0.1, 0.15) is 5.82 Å². The van der Waals surface area contributed by atoms with Crippen LogP contribution in [0.3, 0.4) is 0 Å². The van der Waals surface area contributed by atoms with Gasteiger partial charge in [-0.25, -0.2) is 4.39 Å². The molecule has 0 fully saturated rings. The van der Waals surface area contributed by atoms with Crippen LogP contribution in [0.25, 0.3) is 0 Å². The Kier molecular flexibility index (Phi) is 4.40. The zero-order chi connectivity index (χ0) is 13.3. The lowest BCUT2D eigenvalue weighted by atomic mass is 9.91.